The Bertz CT molecular complexity index is 1010. The van der Waals surface area contributed by atoms with Crippen molar-refractivity contribution in [3.63, 3.8) is 0 Å². The van der Waals surface area contributed by atoms with E-state index in [9.17, 15) is 29.8 Å². The van der Waals surface area contributed by atoms with Crippen molar-refractivity contribution in [1.82, 2.24) is 0 Å². The number of hydrogen-bond donors (Lipinski definition) is 0. The predicted molar refractivity (Wildman–Crippen MR) is 112 cm³/mol. The third-order valence-corrected chi connectivity index (χ3v) is 5.62. The molecule has 10 nitrogen and oxygen atoms in total. The van der Waals surface area contributed by atoms with Crippen molar-refractivity contribution in [2.24, 2.45) is 11.8 Å². The van der Waals surface area contributed by atoms with Crippen LogP contribution in [0.3, 0.4) is 0 Å². The molecule has 2 aromatic carbocycles. The number of nitro groups is 2. The minimum atomic E-state index is -1.21. The van der Waals surface area contributed by atoms with Gasteiger partial charge in [0.2, 0.25) is 0 Å². The molecule has 0 N–H and O–H groups in total. The molecule has 4 atom stereocenters. The van der Waals surface area contributed by atoms with Crippen molar-refractivity contribution in [3.8, 4) is 0 Å². The molecule has 0 radical (unpaired) electrons. The van der Waals surface area contributed by atoms with Gasteiger partial charge in [-0.1, -0.05) is 48.6 Å². The van der Waals surface area contributed by atoms with E-state index < -0.39 is 45.5 Å². The summed E-state index contributed by atoms with van der Waals surface area (Å²) in [6.07, 6.45) is 3.12. The smallest absolute Gasteiger partial charge is 0.310 e. The van der Waals surface area contributed by atoms with Gasteiger partial charge in [-0.05, 0) is 0 Å². The van der Waals surface area contributed by atoms with Gasteiger partial charge >= 0.3 is 11.9 Å². The van der Waals surface area contributed by atoms with Crippen LogP contribution < -0.4 is 0 Å². The van der Waals surface area contributed by atoms with Crippen molar-refractivity contribution in [2.45, 2.75) is 11.8 Å². The highest BCUT2D eigenvalue weighted by Crippen LogP contribution is 2.48. The normalized spacial score (nSPS) is 22.1. The van der Waals surface area contributed by atoms with Crippen molar-refractivity contribution in [1.29, 1.82) is 0 Å². The van der Waals surface area contributed by atoms with E-state index >= 15 is 0 Å². The van der Waals surface area contributed by atoms with E-state index in [1.807, 2.05) is 0 Å². The topological polar surface area (TPSA) is 139 Å². The van der Waals surface area contributed by atoms with Crippen LogP contribution in [-0.4, -0.2) is 36.0 Å². The lowest BCUT2D eigenvalue weighted by Gasteiger charge is -2.36. The van der Waals surface area contributed by atoms with Gasteiger partial charge in [0.15, 0.2) is 0 Å². The molecule has 1 aliphatic rings. The first-order valence-corrected chi connectivity index (χ1v) is 9.62. The van der Waals surface area contributed by atoms with E-state index in [0.29, 0.717) is 0 Å². The first kappa shape index (κ1) is 22.6. The van der Waals surface area contributed by atoms with Crippen molar-refractivity contribution < 1.29 is 28.9 Å². The van der Waals surface area contributed by atoms with Crippen molar-refractivity contribution in [2.75, 3.05) is 14.2 Å². The van der Waals surface area contributed by atoms with Gasteiger partial charge in [0, 0.05) is 35.1 Å². The van der Waals surface area contributed by atoms with Gasteiger partial charge in [0.05, 0.1) is 35.9 Å². The zero-order valence-corrected chi connectivity index (χ0v) is 17.2. The van der Waals surface area contributed by atoms with Gasteiger partial charge in [-0.25, -0.2) is 0 Å². The van der Waals surface area contributed by atoms with E-state index in [-0.39, 0.29) is 22.5 Å². The summed E-state index contributed by atoms with van der Waals surface area (Å²) in [6, 6.07) is 11.8. The summed E-state index contributed by atoms with van der Waals surface area (Å²) in [5, 5.41) is 23.2. The Morgan fingerprint density at radius 2 is 1.06 bits per heavy atom. The SMILES string of the molecule is COC(=O)C1C(c2ccccc2[N+](=O)[O-])C=CC(c2ccccc2[N+](=O)[O-])C1C(=O)OC. The Morgan fingerprint density at radius 3 is 1.38 bits per heavy atom. The number of benzene rings is 2. The minimum Gasteiger partial charge on any atom is -0.469 e. The molecule has 1 aliphatic carbocycles. The number of hydrogen-bond acceptors (Lipinski definition) is 8. The summed E-state index contributed by atoms with van der Waals surface area (Å²) < 4.78 is 9.89. The summed E-state index contributed by atoms with van der Waals surface area (Å²) in [4.78, 5) is 47.8. The number of ether oxygens (including phenoxy) is 2. The average molecular weight is 440 g/mol. The second-order valence-corrected chi connectivity index (χ2v) is 7.17. The Balaban J connectivity index is 2.25. The first-order valence-electron chi connectivity index (χ1n) is 9.62. The molecule has 32 heavy (non-hydrogen) atoms. The highest BCUT2D eigenvalue weighted by molar-refractivity contribution is 5.85. The lowest BCUT2D eigenvalue weighted by Crippen LogP contribution is -2.41. The van der Waals surface area contributed by atoms with E-state index in [2.05, 4.69) is 0 Å². The molecule has 0 amide bonds. The maximum absolute atomic E-state index is 12.9. The third kappa shape index (κ3) is 4.07. The molecular weight excluding hydrogens is 420 g/mol. The molecular formula is C22H20N2O8. The molecule has 2 aromatic rings. The van der Waals surface area contributed by atoms with Gasteiger partial charge in [-0.3, -0.25) is 29.8 Å². The Morgan fingerprint density at radius 1 is 0.719 bits per heavy atom. The number of rotatable bonds is 6. The fourth-order valence-corrected chi connectivity index (χ4v) is 4.25. The lowest BCUT2D eigenvalue weighted by atomic mass is 9.66. The van der Waals surface area contributed by atoms with Crippen LogP contribution in [0.25, 0.3) is 0 Å². The number of para-hydroxylation sites is 2. The molecule has 0 saturated heterocycles. The highest BCUT2D eigenvalue weighted by Gasteiger charge is 2.49. The van der Waals surface area contributed by atoms with Crippen LogP contribution in [0.4, 0.5) is 11.4 Å². The third-order valence-electron chi connectivity index (χ3n) is 5.62. The summed E-state index contributed by atoms with van der Waals surface area (Å²) in [7, 11) is 2.29. The number of nitrogens with zero attached hydrogens (tertiary/aromatic N) is 2. The molecule has 10 heteroatoms. The van der Waals surface area contributed by atoms with Crippen molar-refractivity contribution in [3.05, 3.63) is 92.0 Å². The molecule has 0 saturated carbocycles. The molecule has 166 valence electrons. The molecule has 0 heterocycles. The first-order chi connectivity index (χ1) is 15.3. The molecule has 0 aliphatic heterocycles. The van der Waals surface area contributed by atoms with Crippen LogP contribution in [0.1, 0.15) is 23.0 Å². The highest BCUT2D eigenvalue weighted by atomic mass is 16.6. The minimum absolute atomic E-state index is 0.219. The number of allylic oxidation sites excluding steroid dienone is 2. The molecule has 0 spiro atoms. The summed E-state index contributed by atoms with van der Waals surface area (Å²) in [6.45, 7) is 0. The zero-order chi connectivity index (χ0) is 23.4. The van der Waals surface area contributed by atoms with Crippen LogP contribution in [0.15, 0.2) is 60.7 Å². The average Bonchev–Trinajstić information content (AvgIpc) is 2.81. The van der Waals surface area contributed by atoms with E-state index in [1.165, 1.54) is 36.4 Å². The van der Waals surface area contributed by atoms with Gasteiger partial charge in [0.25, 0.3) is 11.4 Å². The van der Waals surface area contributed by atoms with Crippen LogP contribution in [0.2, 0.25) is 0 Å². The molecule has 0 fully saturated rings. The fraction of sp³-hybridized carbons (Fsp3) is 0.273. The molecule has 3 rings (SSSR count). The molecule has 4 unspecified atom stereocenters. The zero-order valence-electron chi connectivity index (χ0n) is 17.2. The van der Waals surface area contributed by atoms with Crippen LogP contribution in [0, 0.1) is 32.1 Å². The monoisotopic (exact) mass is 440 g/mol. The van der Waals surface area contributed by atoms with E-state index in [1.54, 1.807) is 24.3 Å². The predicted octanol–water partition coefficient (Wildman–Crippen LogP) is 3.52. The Labute approximate surface area is 182 Å². The number of carbonyl (C=O) groups is 2. The maximum Gasteiger partial charge on any atom is 0.310 e. The second kappa shape index (κ2) is 9.38. The molecule has 0 bridgehead atoms. The van der Waals surface area contributed by atoms with Gasteiger partial charge in [-0.15, -0.1) is 0 Å². The van der Waals surface area contributed by atoms with Gasteiger partial charge < -0.3 is 9.47 Å². The number of methoxy groups -OCH3 is 2. The number of esters is 2. The van der Waals surface area contributed by atoms with Crippen LogP contribution in [0.5, 0.6) is 0 Å². The number of nitro benzene ring substituents is 2. The lowest BCUT2D eigenvalue weighted by molar-refractivity contribution is -0.386. The largest absolute Gasteiger partial charge is 0.469 e. The summed E-state index contributed by atoms with van der Waals surface area (Å²) in [5.74, 6) is -5.74. The summed E-state index contributed by atoms with van der Waals surface area (Å²) in [5.41, 5.74) is 0.00532. The second-order valence-electron chi connectivity index (χ2n) is 7.17. The Hall–Kier alpha value is -4.08. The number of carbonyl (C=O) groups excluding carboxylic acids is 2. The quantitative estimate of drug-likeness (QED) is 0.288. The fourth-order valence-electron chi connectivity index (χ4n) is 4.25. The Kier molecular flexibility index (Phi) is 6.62. The van der Waals surface area contributed by atoms with E-state index in [4.69, 9.17) is 9.47 Å². The van der Waals surface area contributed by atoms with Gasteiger partial charge in [-0.2, -0.15) is 0 Å². The van der Waals surface area contributed by atoms with Gasteiger partial charge in [0.1, 0.15) is 0 Å². The van der Waals surface area contributed by atoms with Crippen molar-refractivity contribution >= 4 is 23.3 Å². The van der Waals surface area contributed by atoms with Crippen LogP contribution in [-0.2, 0) is 19.1 Å². The standard InChI is InChI=1S/C22H20N2O8/c1-31-21(25)19-15(13-7-3-5-9-17(13)23(27)28)11-12-16(20(19)22(26)32-2)14-8-4-6-10-18(14)24(29)30/h3-12,15-16,19-20H,1-2H3. The maximum atomic E-state index is 12.9. The van der Waals surface area contributed by atoms with Crippen LogP contribution >= 0.6 is 0 Å². The van der Waals surface area contributed by atoms with E-state index in [0.717, 1.165) is 14.2 Å². The molecule has 0 aromatic heterocycles. The summed E-state index contributed by atoms with van der Waals surface area (Å²) >= 11 is 0.